The van der Waals surface area contributed by atoms with E-state index in [0.717, 1.165) is 42.9 Å². The van der Waals surface area contributed by atoms with Gasteiger partial charge in [0.2, 0.25) is 0 Å². The van der Waals surface area contributed by atoms with Crippen molar-refractivity contribution < 1.29 is 14.6 Å². The second kappa shape index (κ2) is 6.83. The third kappa shape index (κ3) is 3.71. The van der Waals surface area contributed by atoms with Crippen molar-refractivity contribution in [2.45, 2.75) is 32.4 Å². The van der Waals surface area contributed by atoms with Gasteiger partial charge in [0, 0.05) is 37.2 Å². The number of nitrogens with one attached hydrogen (secondary N) is 1. The Morgan fingerprint density at radius 2 is 2.22 bits per heavy atom. The van der Waals surface area contributed by atoms with Crippen LogP contribution in [0.5, 0.6) is 0 Å². The van der Waals surface area contributed by atoms with Crippen molar-refractivity contribution in [1.29, 1.82) is 0 Å². The molecule has 1 saturated heterocycles. The molecule has 1 aromatic carbocycles. The maximum Gasteiger partial charge on any atom is 0.335 e. The largest absolute Gasteiger partial charge is 0.478 e. The number of carboxylic acid groups (broad SMARTS) is 1. The normalized spacial score (nSPS) is 15.5. The Morgan fingerprint density at radius 1 is 1.43 bits per heavy atom. The molecule has 6 nitrogen and oxygen atoms in total. The molecule has 1 aromatic heterocycles. The second-order valence-corrected chi connectivity index (χ2v) is 5.86. The molecule has 0 aliphatic carbocycles. The molecule has 23 heavy (non-hydrogen) atoms. The Morgan fingerprint density at radius 3 is 2.96 bits per heavy atom. The molecular weight excluding hydrogens is 294 g/mol. The van der Waals surface area contributed by atoms with Gasteiger partial charge in [-0.05, 0) is 37.5 Å². The predicted molar refractivity (Wildman–Crippen MR) is 86.8 cm³/mol. The Hall–Kier alpha value is -2.34. The molecule has 1 fully saturated rings. The van der Waals surface area contributed by atoms with E-state index in [9.17, 15) is 4.79 Å². The van der Waals surface area contributed by atoms with E-state index in [-0.39, 0.29) is 5.56 Å². The lowest BCUT2D eigenvalue weighted by Gasteiger charge is -2.22. The topological polar surface area (TPSA) is 76.4 Å². The zero-order valence-electron chi connectivity index (χ0n) is 13.2. The van der Waals surface area contributed by atoms with Crippen LogP contribution in [0.25, 0.3) is 0 Å². The summed E-state index contributed by atoms with van der Waals surface area (Å²) in [6.07, 6.45) is 5.90. The number of carboxylic acids is 1. The molecule has 2 heterocycles. The molecule has 1 aliphatic rings. The van der Waals surface area contributed by atoms with Crippen LogP contribution in [0.2, 0.25) is 0 Å². The van der Waals surface area contributed by atoms with Crippen LogP contribution in [0.15, 0.2) is 30.6 Å². The minimum absolute atomic E-state index is 0.288. The van der Waals surface area contributed by atoms with E-state index in [0.29, 0.717) is 12.6 Å². The quantitative estimate of drug-likeness (QED) is 0.887. The molecule has 2 N–H and O–H groups in total. The highest BCUT2D eigenvalue weighted by molar-refractivity contribution is 5.89. The standard InChI is InChI=1S/C17H21N3O3/c1-12-2-3-14(17(21)22)8-16(12)18-9-13-10-19-20(11-13)15-4-6-23-7-5-15/h2-3,8,10-11,15,18H,4-7,9H2,1H3,(H,21,22). The lowest BCUT2D eigenvalue weighted by molar-refractivity contribution is 0.0662. The van der Waals surface area contributed by atoms with Crippen molar-refractivity contribution in [2.24, 2.45) is 0 Å². The predicted octanol–water partition coefficient (Wildman–Crippen LogP) is 2.85. The first kappa shape index (κ1) is 15.6. The summed E-state index contributed by atoms with van der Waals surface area (Å²) in [6.45, 7) is 4.16. The van der Waals surface area contributed by atoms with Gasteiger partial charge < -0.3 is 15.2 Å². The molecule has 0 amide bonds. The van der Waals surface area contributed by atoms with Gasteiger partial charge >= 0.3 is 5.97 Å². The Labute approximate surface area is 135 Å². The fourth-order valence-corrected chi connectivity index (χ4v) is 2.76. The number of hydrogen-bond donors (Lipinski definition) is 2. The van der Waals surface area contributed by atoms with Crippen molar-refractivity contribution >= 4 is 11.7 Å². The lowest BCUT2D eigenvalue weighted by atomic mass is 10.1. The van der Waals surface area contributed by atoms with E-state index in [1.807, 2.05) is 23.9 Å². The first-order valence-electron chi connectivity index (χ1n) is 7.82. The Bertz CT molecular complexity index is 690. The molecule has 3 rings (SSSR count). The lowest BCUT2D eigenvalue weighted by Crippen LogP contribution is -2.19. The van der Waals surface area contributed by atoms with E-state index >= 15 is 0 Å². The van der Waals surface area contributed by atoms with Crippen LogP contribution < -0.4 is 5.32 Å². The van der Waals surface area contributed by atoms with Crippen LogP contribution in [0, 0.1) is 6.92 Å². The Kier molecular flexibility index (Phi) is 4.62. The fraction of sp³-hybridized carbons (Fsp3) is 0.412. The average molecular weight is 315 g/mol. The molecule has 0 saturated carbocycles. The maximum atomic E-state index is 11.1. The summed E-state index contributed by atoms with van der Waals surface area (Å²) in [5.41, 5.74) is 3.23. The summed E-state index contributed by atoms with van der Waals surface area (Å²) < 4.78 is 7.39. The van der Waals surface area contributed by atoms with Gasteiger partial charge in [-0.2, -0.15) is 5.10 Å². The van der Waals surface area contributed by atoms with Gasteiger partial charge in [-0.1, -0.05) is 6.07 Å². The van der Waals surface area contributed by atoms with Crippen LogP contribution in [-0.4, -0.2) is 34.1 Å². The van der Waals surface area contributed by atoms with Gasteiger partial charge in [0.25, 0.3) is 0 Å². The number of aromatic carboxylic acids is 1. The molecular formula is C17H21N3O3. The molecule has 122 valence electrons. The zero-order valence-corrected chi connectivity index (χ0v) is 13.2. The monoisotopic (exact) mass is 315 g/mol. The molecule has 0 unspecified atom stereocenters. The maximum absolute atomic E-state index is 11.1. The molecule has 0 radical (unpaired) electrons. The summed E-state index contributed by atoms with van der Waals surface area (Å²) in [7, 11) is 0. The van der Waals surface area contributed by atoms with E-state index in [2.05, 4.69) is 16.6 Å². The summed E-state index contributed by atoms with van der Waals surface area (Å²) in [5, 5.41) is 16.8. The molecule has 2 aromatic rings. The highest BCUT2D eigenvalue weighted by atomic mass is 16.5. The first-order valence-corrected chi connectivity index (χ1v) is 7.82. The van der Waals surface area contributed by atoms with Crippen LogP contribution in [-0.2, 0) is 11.3 Å². The van der Waals surface area contributed by atoms with Gasteiger partial charge in [-0.3, -0.25) is 4.68 Å². The molecule has 1 aliphatic heterocycles. The van der Waals surface area contributed by atoms with Crippen molar-refractivity contribution in [3.63, 3.8) is 0 Å². The first-order chi connectivity index (χ1) is 11.1. The number of rotatable bonds is 5. The minimum Gasteiger partial charge on any atom is -0.478 e. The minimum atomic E-state index is -0.916. The van der Waals surface area contributed by atoms with E-state index in [1.165, 1.54) is 0 Å². The van der Waals surface area contributed by atoms with Crippen molar-refractivity contribution in [3.8, 4) is 0 Å². The number of aryl methyl sites for hydroxylation is 1. The number of anilines is 1. The zero-order chi connectivity index (χ0) is 16.2. The van der Waals surface area contributed by atoms with Crippen LogP contribution in [0.4, 0.5) is 5.69 Å². The molecule has 0 atom stereocenters. The second-order valence-electron chi connectivity index (χ2n) is 5.86. The summed E-state index contributed by atoms with van der Waals surface area (Å²) in [6, 6.07) is 5.51. The van der Waals surface area contributed by atoms with Gasteiger partial charge in [0.05, 0.1) is 17.8 Å². The van der Waals surface area contributed by atoms with Crippen molar-refractivity contribution in [1.82, 2.24) is 9.78 Å². The highest BCUT2D eigenvalue weighted by Crippen LogP contribution is 2.21. The van der Waals surface area contributed by atoms with E-state index in [4.69, 9.17) is 9.84 Å². The molecule has 6 heteroatoms. The van der Waals surface area contributed by atoms with E-state index in [1.54, 1.807) is 12.1 Å². The number of hydrogen-bond acceptors (Lipinski definition) is 4. The summed E-state index contributed by atoms with van der Waals surface area (Å²) >= 11 is 0. The fourth-order valence-electron chi connectivity index (χ4n) is 2.76. The summed E-state index contributed by atoms with van der Waals surface area (Å²) in [4.78, 5) is 11.1. The van der Waals surface area contributed by atoms with Crippen LogP contribution in [0.3, 0.4) is 0 Å². The van der Waals surface area contributed by atoms with E-state index < -0.39 is 5.97 Å². The average Bonchev–Trinajstić information content (AvgIpc) is 3.03. The van der Waals surface area contributed by atoms with Crippen molar-refractivity contribution in [3.05, 3.63) is 47.3 Å². The summed E-state index contributed by atoms with van der Waals surface area (Å²) in [5.74, 6) is -0.916. The SMILES string of the molecule is Cc1ccc(C(=O)O)cc1NCc1cnn(C2CCOCC2)c1. The van der Waals surface area contributed by atoms with Gasteiger partial charge in [-0.25, -0.2) is 4.79 Å². The van der Waals surface area contributed by atoms with Gasteiger partial charge in [0.15, 0.2) is 0 Å². The number of nitrogens with zero attached hydrogens (tertiary/aromatic N) is 2. The number of ether oxygens (including phenoxy) is 1. The molecule has 0 bridgehead atoms. The smallest absolute Gasteiger partial charge is 0.335 e. The number of carbonyl (C=O) groups is 1. The third-order valence-electron chi connectivity index (χ3n) is 4.19. The van der Waals surface area contributed by atoms with Gasteiger partial charge in [-0.15, -0.1) is 0 Å². The van der Waals surface area contributed by atoms with Crippen LogP contribution in [0.1, 0.15) is 40.4 Å². The third-order valence-corrected chi connectivity index (χ3v) is 4.19. The number of benzene rings is 1. The van der Waals surface area contributed by atoms with Crippen LogP contribution >= 0.6 is 0 Å². The number of aromatic nitrogens is 2. The molecule has 0 spiro atoms. The van der Waals surface area contributed by atoms with Gasteiger partial charge in [0.1, 0.15) is 0 Å². The van der Waals surface area contributed by atoms with Crippen molar-refractivity contribution in [2.75, 3.05) is 18.5 Å². The highest BCUT2D eigenvalue weighted by Gasteiger charge is 2.16. The Balaban J connectivity index is 1.65.